The van der Waals surface area contributed by atoms with Crippen LogP contribution in [0.5, 0.6) is 0 Å². The summed E-state index contributed by atoms with van der Waals surface area (Å²) in [5.41, 5.74) is 0.472. The molecule has 0 radical (unpaired) electrons. The third kappa shape index (κ3) is 1.38. The summed E-state index contributed by atoms with van der Waals surface area (Å²) in [6.45, 7) is 1.54. The van der Waals surface area contributed by atoms with E-state index in [0.29, 0.717) is 11.3 Å². The second-order valence-electron chi connectivity index (χ2n) is 3.22. The van der Waals surface area contributed by atoms with Crippen LogP contribution in [0.4, 0.5) is 5.69 Å². The van der Waals surface area contributed by atoms with Crippen molar-refractivity contribution in [1.82, 2.24) is 9.38 Å². The summed E-state index contributed by atoms with van der Waals surface area (Å²) in [5.74, 6) is -1.16. The molecule has 0 unspecified atom stereocenters. The molecule has 0 atom stereocenters. The van der Waals surface area contributed by atoms with Crippen LogP contribution >= 0.6 is 0 Å². The van der Waals surface area contributed by atoms with Gasteiger partial charge in [0.25, 0.3) is 5.69 Å². The smallest absolute Gasteiger partial charge is 0.354 e. The normalized spacial score (nSPS) is 10.6. The molecule has 0 amide bonds. The molecule has 0 bridgehead atoms. The highest BCUT2D eigenvalue weighted by Crippen LogP contribution is 2.17. The molecule has 2 rings (SSSR count). The lowest BCUT2D eigenvalue weighted by molar-refractivity contribution is -0.385. The number of aromatic nitrogens is 2. The second-order valence-corrected chi connectivity index (χ2v) is 3.22. The topological polar surface area (TPSA) is 97.7 Å². The summed E-state index contributed by atoms with van der Waals surface area (Å²) < 4.78 is 1.20. The molecule has 0 fully saturated rings. The van der Waals surface area contributed by atoms with Crippen LogP contribution in [-0.4, -0.2) is 25.4 Å². The Labute approximate surface area is 89.1 Å². The highest BCUT2D eigenvalue weighted by atomic mass is 16.6. The average Bonchev–Trinajstić information content (AvgIpc) is 2.51. The molecule has 0 spiro atoms. The van der Waals surface area contributed by atoms with Crippen molar-refractivity contribution in [2.75, 3.05) is 0 Å². The summed E-state index contributed by atoms with van der Waals surface area (Å²) in [6, 6.07) is 2.70. The maximum Gasteiger partial charge on any atom is 0.354 e. The van der Waals surface area contributed by atoms with Crippen LogP contribution in [0.1, 0.15) is 16.2 Å². The summed E-state index contributed by atoms with van der Waals surface area (Å²) in [7, 11) is 0. The maximum atomic E-state index is 10.9. The number of hydrogen-bond acceptors (Lipinski definition) is 4. The molecule has 1 N–H and O–H groups in total. The van der Waals surface area contributed by atoms with E-state index < -0.39 is 10.9 Å². The number of aromatic carboxylic acids is 1. The monoisotopic (exact) mass is 221 g/mol. The van der Waals surface area contributed by atoms with Crippen molar-refractivity contribution in [3.63, 3.8) is 0 Å². The molecule has 0 aromatic carbocycles. The van der Waals surface area contributed by atoms with Gasteiger partial charge in [-0.25, -0.2) is 9.78 Å². The number of rotatable bonds is 2. The standard InChI is InChI=1S/C9H7N3O4/c1-5-8(9(13)14)11-4-6(12(15)16)2-3-7(11)10-5/h2-4H,1H3,(H,13,14). The number of hydrogen-bond donors (Lipinski definition) is 1. The number of aryl methyl sites for hydroxylation is 1. The number of carboxylic acids is 1. The Hall–Kier alpha value is -2.44. The van der Waals surface area contributed by atoms with Crippen molar-refractivity contribution < 1.29 is 14.8 Å². The van der Waals surface area contributed by atoms with Gasteiger partial charge < -0.3 is 5.11 Å². The van der Waals surface area contributed by atoms with Gasteiger partial charge in [-0.2, -0.15) is 0 Å². The Morgan fingerprint density at radius 2 is 2.25 bits per heavy atom. The quantitative estimate of drug-likeness (QED) is 0.607. The highest BCUT2D eigenvalue weighted by molar-refractivity contribution is 5.88. The van der Waals surface area contributed by atoms with E-state index in [9.17, 15) is 14.9 Å². The zero-order valence-electron chi connectivity index (χ0n) is 8.25. The Morgan fingerprint density at radius 1 is 1.56 bits per heavy atom. The molecular formula is C9H7N3O4. The van der Waals surface area contributed by atoms with Crippen LogP contribution in [0.2, 0.25) is 0 Å². The van der Waals surface area contributed by atoms with Crippen molar-refractivity contribution in [2.45, 2.75) is 6.92 Å². The third-order valence-corrected chi connectivity index (χ3v) is 2.19. The summed E-state index contributed by atoms with van der Waals surface area (Å²) in [5, 5.41) is 19.5. The molecule has 2 aromatic heterocycles. The second kappa shape index (κ2) is 3.30. The molecule has 2 aromatic rings. The first-order valence-corrected chi connectivity index (χ1v) is 4.37. The molecule has 16 heavy (non-hydrogen) atoms. The average molecular weight is 221 g/mol. The van der Waals surface area contributed by atoms with Crippen LogP contribution < -0.4 is 0 Å². The van der Waals surface area contributed by atoms with Gasteiger partial charge in [-0.05, 0) is 13.0 Å². The molecular weight excluding hydrogens is 214 g/mol. The van der Waals surface area contributed by atoms with Crippen LogP contribution in [-0.2, 0) is 0 Å². The fourth-order valence-electron chi connectivity index (χ4n) is 1.52. The van der Waals surface area contributed by atoms with Crippen molar-refractivity contribution in [3.8, 4) is 0 Å². The summed E-state index contributed by atoms with van der Waals surface area (Å²) in [6.07, 6.45) is 1.15. The van der Waals surface area contributed by atoms with Crippen LogP contribution in [0, 0.1) is 17.0 Å². The number of carbonyl (C=O) groups is 1. The molecule has 7 heteroatoms. The van der Waals surface area contributed by atoms with Gasteiger partial charge in [-0.1, -0.05) is 0 Å². The van der Waals surface area contributed by atoms with E-state index in [1.165, 1.54) is 16.5 Å². The van der Waals surface area contributed by atoms with Crippen LogP contribution in [0.3, 0.4) is 0 Å². The van der Waals surface area contributed by atoms with Crippen molar-refractivity contribution >= 4 is 17.3 Å². The fourth-order valence-corrected chi connectivity index (χ4v) is 1.52. The van der Waals surface area contributed by atoms with E-state index in [4.69, 9.17) is 5.11 Å². The van der Waals surface area contributed by atoms with Crippen molar-refractivity contribution in [3.05, 3.63) is 39.8 Å². The minimum Gasteiger partial charge on any atom is -0.477 e. The molecule has 82 valence electrons. The molecule has 0 saturated heterocycles. The van der Waals surface area contributed by atoms with Crippen LogP contribution in [0.15, 0.2) is 18.3 Å². The van der Waals surface area contributed by atoms with E-state index in [-0.39, 0.29) is 11.4 Å². The predicted molar refractivity (Wildman–Crippen MR) is 53.5 cm³/mol. The van der Waals surface area contributed by atoms with E-state index in [1.54, 1.807) is 6.92 Å². The first-order valence-electron chi connectivity index (χ1n) is 4.37. The Morgan fingerprint density at radius 3 is 2.81 bits per heavy atom. The number of carboxylic acid groups (broad SMARTS) is 1. The van der Waals surface area contributed by atoms with Gasteiger partial charge in [0.2, 0.25) is 0 Å². The molecule has 0 aliphatic rings. The van der Waals surface area contributed by atoms with E-state index in [2.05, 4.69) is 4.98 Å². The minimum atomic E-state index is -1.16. The first kappa shape index (κ1) is 10.1. The van der Waals surface area contributed by atoms with Gasteiger partial charge >= 0.3 is 5.97 Å². The van der Waals surface area contributed by atoms with E-state index in [1.807, 2.05) is 0 Å². The van der Waals surface area contributed by atoms with E-state index in [0.717, 1.165) is 6.20 Å². The Bertz CT molecular complexity index is 602. The largest absolute Gasteiger partial charge is 0.477 e. The van der Waals surface area contributed by atoms with Gasteiger partial charge in [-0.3, -0.25) is 14.5 Å². The lowest BCUT2D eigenvalue weighted by atomic mass is 10.3. The Kier molecular flexibility index (Phi) is 2.08. The van der Waals surface area contributed by atoms with Gasteiger partial charge in [-0.15, -0.1) is 0 Å². The molecule has 0 saturated carbocycles. The molecule has 0 aliphatic heterocycles. The lowest BCUT2D eigenvalue weighted by Crippen LogP contribution is -2.04. The lowest BCUT2D eigenvalue weighted by Gasteiger charge is -1.97. The number of pyridine rings is 1. The maximum absolute atomic E-state index is 10.9. The van der Waals surface area contributed by atoms with Gasteiger partial charge in [0.1, 0.15) is 5.65 Å². The molecule has 0 aliphatic carbocycles. The summed E-state index contributed by atoms with van der Waals surface area (Å²) >= 11 is 0. The van der Waals surface area contributed by atoms with Crippen LogP contribution in [0.25, 0.3) is 5.65 Å². The Balaban J connectivity index is 2.79. The van der Waals surface area contributed by atoms with Gasteiger partial charge in [0.05, 0.1) is 16.8 Å². The third-order valence-electron chi connectivity index (χ3n) is 2.19. The molecule has 2 heterocycles. The van der Waals surface area contributed by atoms with Gasteiger partial charge in [0.15, 0.2) is 5.69 Å². The summed E-state index contributed by atoms with van der Waals surface area (Å²) in [4.78, 5) is 24.9. The van der Waals surface area contributed by atoms with Crippen molar-refractivity contribution in [1.29, 1.82) is 0 Å². The first-order chi connectivity index (χ1) is 7.50. The predicted octanol–water partition coefficient (Wildman–Crippen LogP) is 1.25. The zero-order valence-corrected chi connectivity index (χ0v) is 8.25. The molecule has 7 nitrogen and oxygen atoms in total. The van der Waals surface area contributed by atoms with Gasteiger partial charge in [0, 0.05) is 6.07 Å². The number of nitro groups is 1. The number of fused-ring (bicyclic) bond motifs is 1. The minimum absolute atomic E-state index is 0.0568. The zero-order chi connectivity index (χ0) is 11.9. The van der Waals surface area contributed by atoms with E-state index >= 15 is 0 Å². The highest BCUT2D eigenvalue weighted by Gasteiger charge is 2.17. The SMILES string of the molecule is Cc1nc2ccc([N+](=O)[O-])cn2c1C(=O)O. The van der Waals surface area contributed by atoms with Crippen molar-refractivity contribution in [2.24, 2.45) is 0 Å². The fraction of sp³-hybridized carbons (Fsp3) is 0.111. The number of nitrogens with zero attached hydrogens (tertiary/aromatic N) is 3. The number of imidazole rings is 1.